The van der Waals surface area contributed by atoms with Gasteiger partial charge in [0.15, 0.2) is 0 Å². The number of rotatable bonds is 8. The first-order chi connectivity index (χ1) is 8.27. The fraction of sp³-hybridized carbons (Fsp3) is 0.571. The van der Waals surface area contributed by atoms with Gasteiger partial charge in [-0.1, -0.05) is 19.1 Å². The molecule has 1 N–H and O–H groups in total. The van der Waals surface area contributed by atoms with Crippen molar-refractivity contribution in [3.63, 3.8) is 0 Å². The monoisotopic (exact) mass is 253 g/mol. The largest absolute Gasteiger partial charge is 0.494 e. The van der Waals surface area contributed by atoms with Crippen molar-refractivity contribution in [2.24, 2.45) is 0 Å². The van der Waals surface area contributed by atoms with Crippen LogP contribution in [-0.2, 0) is 0 Å². The molecule has 96 valence electrons. The molecule has 0 saturated carbocycles. The lowest BCUT2D eigenvalue weighted by Gasteiger charge is -2.12. The molecule has 0 radical (unpaired) electrons. The van der Waals surface area contributed by atoms with Crippen LogP contribution in [0.5, 0.6) is 5.75 Å². The second-order valence-electron chi connectivity index (χ2n) is 3.98. The summed E-state index contributed by atoms with van der Waals surface area (Å²) in [6.45, 7) is 5.15. The third-order valence-corrected chi connectivity index (χ3v) is 3.68. The highest BCUT2D eigenvalue weighted by molar-refractivity contribution is 7.99. The highest BCUT2D eigenvalue weighted by Crippen LogP contribution is 2.19. The third-order valence-electron chi connectivity index (χ3n) is 2.70. The molecule has 0 aliphatic carbocycles. The van der Waals surface area contributed by atoms with E-state index in [9.17, 15) is 0 Å². The Labute approximate surface area is 109 Å². The molecule has 0 bridgehead atoms. The molecule has 1 rings (SSSR count). The number of thioether (sulfide) groups is 1. The van der Waals surface area contributed by atoms with Crippen LogP contribution in [0.25, 0.3) is 0 Å². The molecule has 0 amide bonds. The average Bonchev–Trinajstić information content (AvgIpc) is 2.38. The number of hydrogen-bond donors (Lipinski definition) is 1. The van der Waals surface area contributed by atoms with Crippen LogP contribution in [0.1, 0.15) is 31.9 Å². The smallest absolute Gasteiger partial charge is 0.119 e. The molecule has 2 nitrogen and oxygen atoms in total. The molecular formula is C14H23NOS. The molecule has 1 atom stereocenters. The van der Waals surface area contributed by atoms with Gasteiger partial charge in [-0.25, -0.2) is 0 Å². The van der Waals surface area contributed by atoms with Crippen LogP contribution >= 0.6 is 11.8 Å². The second-order valence-corrected chi connectivity index (χ2v) is 5.38. The lowest BCUT2D eigenvalue weighted by molar-refractivity contribution is 0.318. The van der Waals surface area contributed by atoms with Crippen LogP contribution in [0.4, 0.5) is 0 Å². The summed E-state index contributed by atoms with van der Waals surface area (Å²) in [5.41, 5.74) is 1.27. The van der Waals surface area contributed by atoms with Crippen molar-refractivity contribution in [1.82, 2.24) is 5.32 Å². The first-order valence-electron chi connectivity index (χ1n) is 6.25. The van der Waals surface area contributed by atoms with E-state index in [0.717, 1.165) is 18.8 Å². The van der Waals surface area contributed by atoms with Crippen LogP contribution in [0.15, 0.2) is 24.3 Å². The van der Waals surface area contributed by atoms with Gasteiger partial charge in [0.2, 0.25) is 0 Å². The lowest BCUT2D eigenvalue weighted by atomic mass is 10.1. The van der Waals surface area contributed by atoms with Gasteiger partial charge in [-0.3, -0.25) is 0 Å². The molecule has 0 aromatic heterocycles. The van der Waals surface area contributed by atoms with Gasteiger partial charge in [0, 0.05) is 6.04 Å². The normalized spacial score (nSPS) is 12.4. The zero-order valence-electron chi connectivity index (χ0n) is 11.0. The van der Waals surface area contributed by atoms with Crippen molar-refractivity contribution in [2.45, 2.75) is 26.3 Å². The molecule has 17 heavy (non-hydrogen) atoms. The second kappa shape index (κ2) is 8.43. The first kappa shape index (κ1) is 14.4. The summed E-state index contributed by atoms with van der Waals surface area (Å²) in [6, 6.07) is 8.70. The molecule has 1 unspecified atom stereocenters. The minimum Gasteiger partial charge on any atom is -0.494 e. The van der Waals surface area contributed by atoms with E-state index in [1.165, 1.54) is 17.1 Å². The zero-order chi connectivity index (χ0) is 12.5. The molecule has 0 aliphatic rings. The number of nitrogens with one attached hydrogen (secondary N) is 1. The minimum absolute atomic E-state index is 0.370. The molecule has 3 heteroatoms. The molecule has 0 heterocycles. The summed E-state index contributed by atoms with van der Waals surface area (Å²) in [5.74, 6) is 3.35. The highest BCUT2D eigenvalue weighted by Gasteiger charge is 2.03. The fourth-order valence-corrected chi connectivity index (χ4v) is 2.15. The Morgan fingerprint density at radius 3 is 2.94 bits per heavy atom. The summed E-state index contributed by atoms with van der Waals surface area (Å²) in [5, 5.41) is 3.23. The molecule has 0 aliphatic heterocycles. The van der Waals surface area contributed by atoms with Gasteiger partial charge < -0.3 is 10.1 Å². The van der Waals surface area contributed by atoms with Gasteiger partial charge in [-0.15, -0.1) is 0 Å². The van der Waals surface area contributed by atoms with Gasteiger partial charge in [0.25, 0.3) is 0 Å². The molecule has 1 aromatic rings. The molecule has 0 spiro atoms. The Bertz CT molecular complexity index is 317. The summed E-state index contributed by atoms with van der Waals surface area (Å²) >= 11 is 1.96. The molecule has 1 aromatic carbocycles. The predicted molar refractivity (Wildman–Crippen MR) is 77.0 cm³/mol. The lowest BCUT2D eigenvalue weighted by Crippen LogP contribution is -2.12. The number of ether oxygens (including phenoxy) is 1. The van der Waals surface area contributed by atoms with E-state index in [4.69, 9.17) is 4.74 Å². The Morgan fingerprint density at radius 1 is 1.41 bits per heavy atom. The van der Waals surface area contributed by atoms with Crippen molar-refractivity contribution in [2.75, 3.05) is 25.2 Å². The van der Waals surface area contributed by atoms with Crippen molar-refractivity contribution in [3.05, 3.63) is 29.8 Å². The topological polar surface area (TPSA) is 21.3 Å². The fourth-order valence-electron chi connectivity index (χ4n) is 1.54. The van der Waals surface area contributed by atoms with E-state index >= 15 is 0 Å². The summed E-state index contributed by atoms with van der Waals surface area (Å²) in [4.78, 5) is 0. The van der Waals surface area contributed by atoms with Crippen molar-refractivity contribution < 1.29 is 4.74 Å². The first-order valence-corrected chi connectivity index (χ1v) is 7.41. The summed E-state index contributed by atoms with van der Waals surface area (Å²) in [7, 11) is 1.97. The van der Waals surface area contributed by atoms with E-state index in [-0.39, 0.29) is 0 Å². The summed E-state index contributed by atoms with van der Waals surface area (Å²) < 4.78 is 5.75. The van der Waals surface area contributed by atoms with Gasteiger partial charge in [0.1, 0.15) is 5.75 Å². The third kappa shape index (κ3) is 5.46. The average molecular weight is 253 g/mol. The van der Waals surface area contributed by atoms with Crippen LogP contribution in [0, 0.1) is 0 Å². The van der Waals surface area contributed by atoms with Gasteiger partial charge in [0.05, 0.1) is 6.61 Å². The van der Waals surface area contributed by atoms with Crippen molar-refractivity contribution in [3.8, 4) is 5.75 Å². The number of hydrogen-bond acceptors (Lipinski definition) is 3. The molecular weight excluding hydrogens is 230 g/mol. The Kier molecular flexibility index (Phi) is 7.13. The van der Waals surface area contributed by atoms with Gasteiger partial charge in [-0.05, 0) is 49.6 Å². The maximum Gasteiger partial charge on any atom is 0.119 e. The zero-order valence-corrected chi connectivity index (χ0v) is 11.8. The molecule has 0 fully saturated rings. The Balaban J connectivity index is 2.38. The quantitative estimate of drug-likeness (QED) is 0.717. The predicted octanol–water partition coefficient (Wildman–Crippen LogP) is 3.49. The van der Waals surface area contributed by atoms with Gasteiger partial charge in [-0.2, -0.15) is 11.8 Å². The van der Waals surface area contributed by atoms with Crippen molar-refractivity contribution >= 4 is 11.8 Å². The van der Waals surface area contributed by atoms with E-state index in [0.29, 0.717) is 6.04 Å². The summed E-state index contributed by atoms with van der Waals surface area (Å²) in [6.07, 6.45) is 1.12. The van der Waals surface area contributed by atoms with Crippen LogP contribution < -0.4 is 10.1 Å². The van der Waals surface area contributed by atoms with E-state index in [2.05, 4.69) is 37.4 Å². The van der Waals surface area contributed by atoms with E-state index in [1.807, 2.05) is 24.9 Å². The van der Waals surface area contributed by atoms with Crippen LogP contribution in [-0.4, -0.2) is 25.2 Å². The maximum absolute atomic E-state index is 5.75. The van der Waals surface area contributed by atoms with E-state index < -0.39 is 0 Å². The molecule has 0 saturated heterocycles. The van der Waals surface area contributed by atoms with Crippen LogP contribution in [0.2, 0.25) is 0 Å². The van der Waals surface area contributed by atoms with Gasteiger partial charge >= 0.3 is 0 Å². The maximum atomic E-state index is 5.75. The Hall–Kier alpha value is -0.670. The minimum atomic E-state index is 0.370. The van der Waals surface area contributed by atoms with Crippen molar-refractivity contribution in [1.29, 1.82) is 0 Å². The SMILES string of the molecule is CCSCCCOc1cccc(C(C)NC)c1. The highest BCUT2D eigenvalue weighted by atomic mass is 32.2. The van der Waals surface area contributed by atoms with E-state index in [1.54, 1.807) is 0 Å². The number of benzene rings is 1. The Morgan fingerprint density at radius 2 is 2.24 bits per heavy atom. The van der Waals surface area contributed by atoms with Crippen LogP contribution in [0.3, 0.4) is 0 Å². The standard InChI is InChI=1S/C14H23NOS/c1-4-17-10-6-9-16-14-8-5-7-13(11-14)12(2)15-3/h5,7-8,11-12,15H,4,6,9-10H2,1-3H3.